The third-order valence-electron chi connectivity index (χ3n) is 4.30. The Balaban J connectivity index is 2.12. The molecule has 7 nitrogen and oxygen atoms in total. The fraction of sp³-hybridized carbons (Fsp3) is 0.286. The zero-order chi connectivity index (χ0) is 20.1. The van der Waals surface area contributed by atoms with Gasteiger partial charge in [0.1, 0.15) is 5.82 Å². The largest absolute Gasteiger partial charge is 0.493 e. The lowest BCUT2D eigenvalue weighted by molar-refractivity contribution is 0.324. The van der Waals surface area contributed by atoms with Crippen molar-refractivity contribution >= 4 is 17.1 Å². The van der Waals surface area contributed by atoms with Crippen molar-refractivity contribution < 1.29 is 14.2 Å². The molecule has 0 aliphatic rings. The van der Waals surface area contributed by atoms with Crippen LogP contribution in [-0.2, 0) is 6.42 Å². The first kappa shape index (κ1) is 19.4. The molecular weight excluding hydrogens is 358 g/mol. The average Bonchev–Trinajstić information content (AvgIpc) is 2.72. The van der Waals surface area contributed by atoms with E-state index in [9.17, 15) is 4.79 Å². The van der Waals surface area contributed by atoms with Crippen LogP contribution in [0, 0.1) is 0 Å². The van der Waals surface area contributed by atoms with Crippen LogP contribution in [0.5, 0.6) is 17.2 Å². The van der Waals surface area contributed by atoms with Crippen LogP contribution in [0.3, 0.4) is 0 Å². The molecule has 0 radical (unpaired) electrons. The molecule has 0 N–H and O–H groups in total. The summed E-state index contributed by atoms with van der Waals surface area (Å²) in [5, 5.41) is 4.95. The molecule has 0 unspecified atom stereocenters. The summed E-state index contributed by atoms with van der Waals surface area (Å²) >= 11 is 0. The molecule has 0 saturated carbocycles. The lowest BCUT2D eigenvalue weighted by Crippen LogP contribution is -2.22. The summed E-state index contributed by atoms with van der Waals surface area (Å²) in [6, 6.07) is 10.8. The van der Waals surface area contributed by atoms with Crippen molar-refractivity contribution in [2.24, 2.45) is 5.10 Å². The zero-order valence-corrected chi connectivity index (χ0v) is 16.4. The van der Waals surface area contributed by atoms with Crippen molar-refractivity contribution in [1.29, 1.82) is 0 Å². The molecule has 0 amide bonds. The van der Waals surface area contributed by atoms with Crippen LogP contribution in [0.25, 0.3) is 10.9 Å². The average molecular weight is 381 g/mol. The zero-order valence-electron chi connectivity index (χ0n) is 16.4. The van der Waals surface area contributed by atoms with E-state index in [0.717, 1.165) is 6.42 Å². The first-order valence-electron chi connectivity index (χ1n) is 8.98. The summed E-state index contributed by atoms with van der Waals surface area (Å²) < 4.78 is 17.4. The van der Waals surface area contributed by atoms with Gasteiger partial charge in [0.2, 0.25) is 5.75 Å². The smallest absolute Gasteiger partial charge is 0.282 e. The van der Waals surface area contributed by atoms with Crippen molar-refractivity contribution in [2.45, 2.75) is 19.8 Å². The fourth-order valence-corrected chi connectivity index (χ4v) is 2.97. The molecule has 1 aromatic heterocycles. The Morgan fingerprint density at radius 3 is 2.36 bits per heavy atom. The van der Waals surface area contributed by atoms with Gasteiger partial charge in [0.25, 0.3) is 5.56 Å². The van der Waals surface area contributed by atoms with Gasteiger partial charge in [0.15, 0.2) is 11.5 Å². The Morgan fingerprint density at radius 2 is 1.75 bits per heavy atom. The summed E-state index contributed by atoms with van der Waals surface area (Å²) in [7, 11) is 4.65. The number of aryl methyl sites for hydroxylation is 1. The second-order valence-electron chi connectivity index (χ2n) is 6.12. The van der Waals surface area contributed by atoms with E-state index in [-0.39, 0.29) is 5.56 Å². The van der Waals surface area contributed by atoms with Crippen molar-refractivity contribution in [1.82, 2.24) is 9.66 Å². The normalized spacial score (nSPS) is 11.1. The molecule has 0 aliphatic heterocycles. The van der Waals surface area contributed by atoms with E-state index in [2.05, 4.69) is 10.1 Å². The fourth-order valence-electron chi connectivity index (χ4n) is 2.97. The number of para-hydroxylation sites is 1. The minimum atomic E-state index is -0.197. The number of hydrogen-bond donors (Lipinski definition) is 0. The molecule has 0 atom stereocenters. The van der Waals surface area contributed by atoms with Gasteiger partial charge in [-0.2, -0.15) is 9.78 Å². The maximum atomic E-state index is 12.9. The van der Waals surface area contributed by atoms with Crippen LogP contribution in [0.1, 0.15) is 24.7 Å². The number of fused-ring (bicyclic) bond motifs is 1. The predicted molar refractivity (Wildman–Crippen MR) is 109 cm³/mol. The Kier molecular flexibility index (Phi) is 5.93. The molecule has 3 rings (SSSR count). The molecule has 0 spiro atoms. The SMILES string of the molecule is CCCc1nc2ccccc2c(=O)n1/N=C\c1cc(OC)c(OC)c(OC)c1. The van der Waals surface area contributed by atoms with E-state index < -0.39 is 0 Å². The second-order valence-corrected chi connectivity index (χ2v) is 6.12. The molecule has 3 aromatic rings. The third kappa shape index (κ3) is 3.69. The van der Waals surface area contributed by atoms with Crippen molar-refractivity contribution in [3.05, 3.63) is 58.1 Å². The van der Waals surface area contributed by atoms with Gasteiger partial charge in [0.05, 0.1) is 38.4 Å². The molecule has 0 saturated heterocycles. The highest BCUT2D eigenvalue weighted by atomic mass is 16.5. The van der Waals surface area contributed by atoms with Crippen LogP contribution in [-0.4, -0.2) is 37.2 Å². The number of ether oxygens (including phenoxy) is 3. The molecule has 28 heavy (non-hydrogen) atoms. The van der Waals surface area contributed by atoms with Gasteiger partial charge in [-0.25, -0.2) is 4.98 Å². The van der Waals surface area contributed by atoms with Crippen LogP contribution in [0.4, 0.5) is 0 Å². The third-order valence-corrected chi connectivity index (χ3v) is 4.30. The monoisotopic (exact) mass is 381 g/mol. The number of methoxy groups -OCH3 is 3. The highest BCUT2D eigenvalue weighted by molar-refractivity contribution is 5.83. The van der Waals surface area contributed by atoms with E-state index in [1.54, 1.807) is 45.7 Å². The molecule has 2 aromatic carbocycles. The van der Waals surface area contributed by atoms with Crippen molar-refractivity contribution in [2.75, 3.05) is 21.3 Å². The Morgan fingerprint density at radius 1 is 1.07 bits per heavy atom. The molecular formula is C21H23N3O4. The summed E-state index contributed by atoms with van der Waals surface area (Å²) in [5.74, 6) is 2.15. The molecule has 0 aliphatic carbocycles. The topological polar surface area (TPSA) is 74.9 Å². The summed E-state index contributed by atoms with van der Waals surface area (Å²) in [5.41, 5.74) is 1.19. The maximum Gasteiger partial charge on any atom is 0.282 e. The summed E-state index contributed by atoms with van der Waals surface area (Å²) in [6.45, 7) is 2.04. The molecule has 0 bridgehead atoms. The molecule has 7 heteroatoms. The minimum Gasteiger partial charge on any atom is -0.493 e. The van der Waals surface area contributed by atoms with Crippen molar-refractivity contribution in [3.63, 3.8) is 0 Å². The molecule has 1 heterocycles. The van der Waals surface area contributed by atoms with E-state index in [0.29, 0.717) is 46.0 Å². The van der Waals surface area contributed by atoms with Crippen molar-refractivity contribution in [3.8, 4) is 17.2 Å². The Hall–Kier alpha value is -3.35. The minimum absolute atomic E-state index is 0.197. The van der Waals surface area contributed by atoms with Crippen LogP contribution >= 0.6 is 0 Å². The van der Waals surface area contributed by atoms with Gasteiger partial charge in [-0.05, 0) is 30.7 Å². The van der Waals surface area contributed by atoms with Crippen LogP contribution in [0.2, 0.25) is 0 Å². The van der Waals surface area contributed by atoms with Gasteiger partial charge >= 0.3 is 0 Å². The Bertz CT molecular complexity index is 1050. The number of hydrogen-bond acceptors (Lipinski definition) is 6. The van der Waals surface area contributed by atoms with E-state index in [4.69, 9.17) is 14.2 Å². The lowest BCUT2D eigenvalue weighted by Gasteiger charge is -2.13. The summed E-state index contributed by atoms with van der Waals surface area (Å²) in [6.07, 6.45) is 3.08. The number of benzene rings is 2. The quantitative estimate of drug-likeness (QED) is 0.587. The highest BCUT2D eigenvalue weighted by Gasteiger charge is 2.13. The van der Waals surface area contributed by atoms with Gasteiger partial charge in [-0.1, -0.05) is 19.1 Å². The first-order chi connectivity index (χ1) is 13.6. The van der Waals surface area contributed by atoms with E-state index in [1.807, 2.05) is 25.1 Å². The van der Waals surface area contributed by atoms with Gasteiger partial charge in [0, 0.05) is 12.0 Å². The second kappa shape index (κ2) is 8.56. The van der Waals surface area contributed by atoms with Gasteiger partial charge in [-0.3, -0.25) is 4.79 Å². The lowest BCUT2D eigenvalue weighted by atomic mass is 10.2. The van der Waals surface area contributed by atoms with Crippen LogP contribution in [0.15, 0.2) is 46.3 Å². The number of aromatic nitrogens is 2. The standard InChI is InChI=1S/C21H23N3O4/c1-5-8-19-23-16-10-7-6-9-15(16)21(25)24(19)22-13-14-11-17(26-2)20(28-4)18(12-14)27-3/h6-7,9-13H,5,8H2,1-4H3/b22-13-. The predicted octanol–water partition coefficient (Wildman–Crippen LogP) is 3.26. The van der Waals surface area contributed by atoms with E-state index in [1.165, 1.54) is 4.68 Å². The number of nitrogens with zero attached hydrogens (tertiary/aromatic N) is 3. The first-order valence-corrected chi connectivity index (χ1v) is 8.98. The van der Waals surface area contributed by atoms with Gasteiger partial charge < -0.3 is 14.2 Å². The van der Waals surface area contributed by atoms with Gasteiger partial charge in [-0.15, -0.1) is 0 Å². The molecule has 0 fully saturated rings. The maximum absolute atomic E-state index is 12.9. The van der Waals surface area contributed by atoms with Crippen LogP contribution < -0.4 is 19.8 Å². The number of rotatable bonds is 7. The Labute approximate surface area is 163 Å². The summed E-state index contributed by atoms with van der Waals surface area (Å²) in [4.78, 5) is 17.5. The van der Waals surface area contributed by atoms with E-state index >= 15 is 0 Å². The molecule has 146 valence electrons. The highest BCUT2D eigenvalue weighted by Crippen LogP contribution is 2.37.